The zero-order chi connectivity index (χ0) is 15.2. The van der Waals surface area contributed by atoms with Gasteiger partial charge in [0.25, 0.3) is 0 Å². The Morgan fingerprint density at radius 2 is 1.57 bits per heavy atom. The summed E-state index contributed by atoms with van der Waals surface area (Å²) in [6, 6.07) is 1.98. The van der Waals surface area contributed by atoms with Crippen LogP contribution in [0.4, 0.5) is 0 Å². The monoisotopic (exact) mass is 324 g/mol. The maximum absolute atomic E-state index is 10.9. The molecule has 0 bridgehead atoms. The molecule has 114 valence electrons. The molecule has 0 unspecified atom stereocenters. The smallest absolute Gasteiger partial charge is 0.744 e. The van der Waals surface area contributed by atoms with Crippen LogP contribution >= 0.6 is 0 Å². The molecule has 1 aromatic carbocycles. The number of benzene rings is 1. The molecule has 0 saturated heterocycles. The number of aryl methyl sites for hydroxylation is 1. The largest absolute Gasteiger partial charge is 1.00 e. The summed E-state index contributed by atoms with van der Waals surface area (Å²) in [6.07, 6.45) is 7.10. The van der Waals surface area contributed by atoms with Gasteiger partial charge in [-0.15, -0.1) is 0 Å². The van der Waals surface area contributed by atoms with Gasteiger partial charge in [-0.3, -0.25) is 0 Å². The summed E-state index contributed by atoms with van der Waals surface area (Å²) in [5.41, 5.74) is 0.463. The van der Waals surface area contributed by atoms with Crippen molar-refractivity contribution in [1.82, 2.24) is 0 Å². The summed E-state index contributed by atoms with van der Waals surface area (Å²) in [7, 11) is -4.77. The van der Waals surface area contributed by atoms with E-state index in [1.807, 2.05) is 0 Å². The van der Waals surface area contributed by atoms with Crippen LogP contribution < -0.4 is 29.6 Å². The number of unbranched alkanes of at least 4 members (excludes halogenated alkanes) is 5. The number of phenols is 2. The minimum absolute atomic E-state index is 0. The van der Waals surface area contributed by atoms with Crippen LogP contribution in [0.25, 0.3) is 0 Å². The average molecular weight is 324 g/mol. The van der Waals surface area contributed by atoms with E-state index >= 15 is 0 Å². The molecule has 0 radical (unpaired) electrons. The number of hydrogen-bond acceptors (Lipinski definition) is 5. The molecule has 0 saturated carbocycles. The molecule has 7 heteroatoms. The fourth-order valence-corrected chi connectivity index (χ4v) is 2.67. The minimum atomic E-state index is -4.77. The standard InChI is InChI=1S/C14H22O5S.Na/c1-2-3-4-5-6-7-8-11-9-13(16)14(10-12(11)15)20(17,18)19;/h9-10,15-16H,2-8H2,1H3,(H,17,18,19);/q;+1/p-1. The van der Waals surface area contributed by atoms with Crippen molar-refractivity contribution in [3.8, 4) is 11.5 Å². The Labute approximate surface area is 148 Å². The summed E-state index contributed by atoms with van der Waals surface area (Å²) in [4.78, 5) is -0.776. The summed E-state index contributed by atoms with van der Waals surface area (Å²) < 4.78 is 32.6. The zero-order valence-corrected chi connectivity index (χ0v) is 15.4. The molecule has 2 N–H and O–H groups in total. The molecule has 5 nitrogen and oxygen atoms in total. The molecule has 0 heterocycles. The van der Waals surface area contributed by atoms with Gasteiger partial charge in [-0.05, 0) is 24.5 Å². The number of rotatable bonds is 8. The third-order valence-corrected chi connectivity index (χ3v) is 4.09. The van der Waals surface area contributed by atoms with Gasteiger partial charge in [-0.25, -0.2) is 8.42 Å². The van der Waals surface area contributed by atoms with Gasteiger partial charge < -0.3 is 14.8 Å². The summed E-state index contributed by atoms with van der Waals surface area (Å²) >= 11 is 0. The van der Waals surface area contributed by atoms with E-state index in [1.54, 1.807) is 0 Å². The summed E-state index contributed by atoms with van der Waals surface area (Å²) in [5, 5.41) is 19.2. The number of hydrogen-bond donors (Lipinski definition) is 2. The number of aromatic hydroxyl groups is 2. The van der Waals surface area contributed by atoms with Crippen molar-refractivity contribution in [2.45, 2.75) is 56.8 Å². The maximum Gasteiger partial charge on any atom is 1.00 e. The first-order chi connectivity index (χ1) is 9.36. The van der Waals surface area contributed by atoms with Crippen LogP contribution in [0.15, 0.2) is 17.0 Å². The Kier molecular flexibility index (Phi) is 9.56. The SMILES string of the molecule is CCCCCCCCc1cc(O)c(S(=O)(=O)[O-])cc1O.[Na+]. The third kappa shape index (κ3) is 7.02. The Hall–Kier alpha value is -0.270. The quantitative estimate of drug-likeness (QED) is 0.301. The second-order valence-corrected chi connectivity index (χ2v) is 6.27. The van der Waals surface area contributed by atoms with Crippen LogP contribution in [0.2, 0.25) is 0 Å². The molecule has 0 amide bonds. The minimum Gasteiger partial charge on any atom is -0.744 e. The first-order valence-corrected chi connectivity index (χ1v) is 8.27. The number of phenolic OH excluding ortho intramolecular Hbond substituents is 2. The van der Waals surface area contributed by atoms with Crippen molar-refractivity contribution >= 4 is 10.1 Å². The van der Waals surface area contributed by atoms with E-state index in [1.165, 1.54) is 19.3 Å². The van der Waals surface area contributed by atoms with Gasteiger partial charge in [0, 0.05) is 6.07 Å². The Bertz CT molecular complexity index is 543. The van der Waals surface area contributed by atoms with Crippen molar-refractivity contribution in [3.63, 3.8) is 0 Å². The maximum atomic E-state index is 10.9. The van der Waals surface area contributed by atoms with Gasteiger partial charge in [-0.2, -0.15) is 0 Å². The molecule has 0 spiro atoms. The molecule has 0 aliphatic heterocycles. The fraction of sp³-hybridized carbons (Fsp3) is 0.571. The van der Waals surface area contributed by atoms with Crippen LogP contribution in [0.1, 0.15) is 51.0 Å². The average Bonchev–Trinajstić information content (AvgIpc) is 2.35. The van der Waals surface area contributed by atoms with Crippen molar-refractivity contribution < 1.29 is 52.7 Å². The topological polar surface area (TPSA) is 97.7 Å². The van der Waals surface area contributed by atoms with Gasteiger partial charge in [0.1, 0.15) is 21.6 Å². The Balaban J connectivity index is 0.00000400. The first-order valence-electron chi connectivity index (χ1n) is 6.87. The summed E-state index contributed by atoms with van der Waals surface area (Å²) in [6.45, 7) is 2.15. The molecular weight excluding hydrogens is 303 g/mol. The molecule has 0 atom stereocenters. The van der Waals surface area contributed by atoms with Gasteiger partial charge in [0.2, 0.25) is 0 Å². The molecule has 0 aromatic heterocycles. The molecular formula is C14H21NaO5S. The van der Waals surface area contributed by atoms with Crippen molar-refractivity contribution in [3.05, 3.63) is 17.7 Å². The fourth-order valence-electron chi connectivity index (χ4n) is 2.10. The third-order valence-electron chi connectivity index (χ3n) is 3.23. The van der Waals surface area contributed by atoms with E-state index in [0.29, 0.717) is 12.0 Å². The molecule has 0 aliphatic rings. The normalized spacial score (nSPS) is 11.1. The van der Waals surface area contributed by atoms with Crippen molar-refractivity contribution in [2.75, 3.05) is 0 Å². The second kappa shape index (κ2) is 9.69. The van der Waals surface area contributed by atoms with Crippen LogP contribution in [-0.4, -0.2) is 23.2 Å². The second-order valence-electron chi connectivity index (χ2n) is 4.92. The van der Waals surface area contributed by atoms with E-state index in [0.717, 1.165) is 31.4 Å². The van der Waals surface area contributed by atoms with Gasteiger partial charge >= 0.3 is 29.6 Å². The Morgan fingerprint density at radius 3 is 2.14 bits per heavy atom. The predicted molar refractivity (Wildman–Crippen MR) is 74.8 cm³/mol. The van der Waals surface area contributed by atoms with Crippen LogP contribution in [-0.2, 0) is 16.5 Å². The Morgan fingerprint density at radius 1 is 1.00 bits per heavy atom. The van der Waals surface area contributed by atoms with Crippen molar-refractivity contribution in [2.24, 2.45) is 0 Å². The van der Waals surface area contributed by atoms with Gasteiger partial charge in [-0.1, -0.05) is 39.0 Å². The van der Waals surface area contributed by atoms with Crippen LogP contribution in [0.3, 0.4) is 0 Å². The van der Waals surface area contributed by atoms with Crippen LogP contribution in [0, 0.1) is 0 Å². The van der Waals surface area contributed by atoms with Gasteiger partial charge in [0.15, 0.2) is 0 Å². The van der Waals surface area contributed by atoms with E-state index in [4.69, 9.17) is 0 Å². The van der Waals surface area contributed by atoms with Crippen LogP contribution in [0.5, 0.6) is 11.5 Å². The van der Waals surface area contributed by atoms with E-state index in [-0.39, 0.29) is 35.3 Å². The summed E-state index contributed by atoms with van der Waals surface area (Å²) in [5.74, 6) is -0.857. The predicted octanol–water partition coefficient (Wildman–Crippen LogP) is -0.0911. The molecule has 21 heavy (non-hydrogen) atoms. The molecule has 1 rings (SSSR count). The first kappa shape index (κ1) is 20.7. The van der Waals surface area contributed by atoms with E-state index in [2.05, 4.69) is 6.92 Å². The van der Waals surface area contributed by atoms with Crippen molar-refractivity contribution in [1.29, 1.82) is 0 Å². The molecule has 1 aromatic rings. The zero-order valence-electron chi connectivity index (χ0n) is 12.6. The van der Waals surface area contributed by atoms with E-state index in [9.17, 15) is 23.2 Å². The molecule has 0 fully saturated rings. The molecule has 0 aliphatic carbocycles. The van der Waals surface area contributed by atoms with E-state index < -0.39 is 20.8 Å². The van der Waals surface area contributed by atoms with Gasteiger partial charge in [0.05, 0.1) is 4.90 Å².